The van der Waals surface area contributed by atoms with Gasteiger partial charge in [0.1, 0.15) is 0 Å². The van der Waals surface area contributed by atoms with Crippen LogP contribution in [0.1, 0.15) is 24.6 Å². The molecule has 2 nitrogen and oxygen atoms in total. The van der Waals surface area contributed by atoms with Crippen molar-refractivity contribution in [3.8, 4) is 0 Å². The van der Waals surface area contributed by atoms with Gasteiger partial charge in [-0.05, 0) is 45.5 Å². The third-order valence-electron chi connectivity index (χ3n) is 3.13. The second kappa shape index (κ2) is 5.05. The van der Waals surface area contributed by atoms with E-state index >= 15 is 0 Å². The van der Waals surface area contributed by atoms with Crippen LogP contribution in [0.3, 0.4) is 0 Å². The summed E-state index contributed by atoms with van der Waals surface area (Å²) >= 11 is 7.61. The van der Waals surface area contributed by atoms with Crippen molar-refractivity contribution in [1.29, 1.82) is 0 Å². The van der Waals surface area contributed by atoms with E-state index in [1.54, 1.807) is 11.3 Å². The van der Waals surface area contributed by atoms with E-state index in [1.807, 2.05) is 6.07 Å². The van der Waals surface area contributed by atoms with Gasteiger partial charge in [-0.3, -0.25) is 4.90 Å². The highest BCUT2D eigenvalue weighted by Gasteiger charge is 2.29. The van der Waals surface area contributed by atoms with Gasteiger partial charge in [0.05, 0.1) is 4.34 Å². The summed E-state index contributed by atoms with van der Waals surface area (Å²) in [6.45, 7) is 5.57. The molecule has 0 radical (unpaired) electrons. The Labute approximate surface area is 107 Å². The quantitative estimate of drug-likeness (QED) is 0.893. The highest BCUT2D eigenvalue weighted by atomic mass is 35.5. The second-order valence-corrected chi connectivity index (χ2v) is 6.77. The lowest BCUT2D eigenvalue weighted by Gasteiger charge is -2.30. The van der Waals surface area contributed by atoms with Crippen LogP contribution in [0.5, 0.6) is 0 Å². The third kappa shape index (κ3) is 3.20. The summed E-state index contributed by atoms with van der Waals surface area (Å²) in [5.41, 5.74) is 0.301. The van der Waals surface area contributed by atoms with E-state index in [1.165, 1.54) is 17.7 Å². The van der Waals surface area contributed by atoms with Crippen LogP contribution < -0.4 is 5.32 Å². The molecule has 1 N–H and O–H groups in total. The molecule has 16 heavy (non-hydrogen) atoms. The first-order valence-corrected chi connectivity index (χ1v) is 6.95. The van der Waals surface area contributed by atoms with Crippen molar-refractivity contribution in [1.82, 2.24) is 10.2 Å². The van der Waals surface area contributed by atoms with Crippen molar-refractivity contribution in [2.75, 3.05) is 20.1 Å². The predicted molar refractivity (Wildman–Crippen MR) is 71.3 cm³/mol. The van der Waals surface area contributed by atoms with E-state index in [0.717, 1.165) is 24.0 Å². The van der Waals surface area contributed by atoms with E-state index in [2.05, 4.69) is 30.3 Å². The zero-order chi connectivity index (χ0) is 11.6. The standard InChI is InChI=1S/C12H19ClN2S/c1-12(6-3-7-14-12)9-15(2)8-10-4-5-11(13)16-10/h4-5,14H,3,6-9H2,1-2H3. The first-order chi connectivity index (χ1) is 7.57. The van der Waals surface area contributed by atoms with Crippen molar-refractivity contribution in [3.63, 3.8) is 0 Å². The van der Waals surface area contributed by atoms with Gasteiger partial charge in [0, 0.05) is 23.5 Å². The van der Waals surface area contributed by atoms with E-state index in [-0.39, 0.29) is 0 Å². The van der Waals surface area contributed by atoms with Gasteiger partial charge in [-0.15, -0.1) is 11.3 Å². The van der Waals surface area contributed by atoms with Crippen LogP contribution in [0.25, 0.3) is 0 Å². The zero-order valence-electron chi connectivity index (χ0n) is 9.92. The Bertz CT molecular complexity index is 345. The minimum atomic E-state index is 0.301. The number of nitrogens with one attached hydrogen (secondary N) is 1. The van der Waals surface area contributed by atoms with Crippen molar-refractivity contribution in [2.45, 2.75) is 31.8 Å². The minimum absolute atomic E-state index is 0.301. The molecule has 1 aromatic heterocycles. The molecule has 0 aromatic carbocycles. The van der Waals surface area contributed by atoms with Gasteiger partial charge < -0.3 is 5.32 Å². The molecule has 1 saturated heterocycles. The van der Waals surface area contributed by atoms with Crippen molar-refractivity contribution in [2.24, 2.45) is 0 Å². The monoisotopic (exact) mass is 258 g/mol. The Morgan fingerprint density at radius 3 is 2.94 bits per heavy atom. The molecule has 1 aliphatic heterocycles. The zero-order valence-corrected chi connectivity index (χ0v) is 11.5. The number of likely N-dealkylation sites (N-methyl/N-ethyl adjacent to an activating group) is 1. The molecule has 1 unspecified atom stereocenters. The average molecular weight is 259 g/mol. The average Bonchev–Trinajstić information content (AvgIpc) is 2.75. The van der Waals surface area contributed by atoms with E-state index in [9.17, 15) is 0 Å². The smallest absolute Gasteiger partial charge is 0.0931 e. The fourth-order valence-corrected chi connectivity index (χ4v) is 3.61. The molecule has 4 heteroatoms. The summed E-state index contributed by atoms with van der Waals surface area (Å²) in [6.07, 6.45) is 2.58. The predicted octanol–water partition coefficient (Wildman–Crippen LogP) is 2.98. The molecule has 2 rings (SSSR count). The van der Waals surface area contributed by atoms with Gasteiger partial charge in [-0.1, -0.05) is 11.6 Å². The fourth-order valence-electron chi connectivity index (χ4n) is 2.45. The summed E-state index contributed by atoms with van der Waals surface area (Å²) in [5.74, 6) is 0. The number of halogens is 1. The van der Waals surface area contributed by atoms with Crippen LogP contribution in [0.4, 0.5) is 0 Å². The highest BCUT2D eigenvalue weighted by molar-refractivity contribution is 7.16. The number of hydrogen-bond acceptors (Lipinski definition) is 3. The Balaban J connectivity index is 1.86. The molecule has 0 spiro atoms. The second-order valence-electron chi connectivity index (χ2n) is 4.97. The summed E-state index contributed by atoms with van der Waals surface area (Å²) < 4.78 is 0.883. The summed E-state index contributed by atoms with van der Waals surface area (Å²) in [4.78, 5) is 3.72. The molecule has 1 atom stereocenters. The Hall–Kier alpha value is -0.0900. The molecular weight excluding hydrogens is 240 g/mol. The number of thiophene rings is 1. The molecule has 1 aliphatic rings. The molecular formula is C12H19ClN2S. The highest BCUT2D eigenvalue weighted by Crippen LogP contribution is 2.24. The first-order valence-electron chi connectivity index (χ1n) is 5.75. The number of hydrogen-bond donors (Lipinski definition) is 1. The Kier molecular flexibility index (Phi) is 3.90. The van der Waals surface area contributed by atoms with Crippen LogP contribution in [0, 0.1) is 0 Å². The van der Waals surface area contributed by atoms with Gasteiger partial charge >= 0.3 is 0 Å². The first kappa shape index (κ1) is 12.4. The SMILES string of the molecule is CN(Cc1ccc(Cl)s1)CC1(C)CCCN1. The van der Waals surface area contributed by atoms with E-state index < -0.39 is 0 Å². The van der Waals surface area contributed by atoms with Crippen molar-refractivity contribution >= 4 is 22.9 Å². The van der Waals surface area contributed by atoms with Gasteiger partial charge in [0.25, 0.3) is 0 Å². The van der Waals surface area contributed by atoms with Gasteiger partial charge in [0.15, 0.2) is 0 Å². The molecule has 0 amide bonds. The summed E-state index contributed by atoms with van der Waals surface area (Å²) in [7, 11) is 2.18. The van der Waals surface area contributed by atoms with Gasteiger partial charge in [-0.25, -0.2) is 0 Å². The Morgan fingerprint density at radius 2 is 2.38 bits per heavy atom. The maximum atomic E-state index is 5.93. The molecule has 1 fully saturated rings. The largest absolute Gasteiger partial charge is 0.310 e. The van der Waals surface area contributed by atoms with E-state index in [4.69, 9.17) is 11.6 Å². The summed E-state index contributed by atoms with van der Waals surface area (Å²) in [5, 5.41) is 3.59. The van der Waals surface area contributed by atoms with Gasteiger partial charge in [0.2, 0.25) is 0 Å². The van der Waals surface area contributed by atoms with Crippen LogP contribution in [0.2, 0.25) is 4.34 Å². The van der Waals surface area contributed by atoms with Gasteiger partial charge in [-0.2, -0.15) is 0 Å². The van der Waals surface area contributed by atoms with E-state index in [0.29, 0.717) is 5.54 Å². The van der Waals surface area contributed by atoms with Crippen molar-refractivity contribution < 1.29 is 0 Å². The minimum Gasteiger partial charge on any atom is -0.310 e. The van der Waals surface area contributed by atoms with Crippen LogP contribution in [0.15, 0.2) is 12.1 Å². The maximum Gasteiger partial charge on any atom is 0.0931 e. The molecule has 2 heterocycles. The lowest BCUT2D eigenvalue weighted by Crippen LogP contribution is -2.46. The maximum absolute atomic E-state index is 5.93. The normalized spacial score (nSPS) is 25.5. The molecule has 0 bridgehead atoms. The summed E-state index contributed by atoms with van der Waals surface area (Å²) in [6, 6.07) is 4.10. The number of nitrogens with zero attached hydrogens (tertiary/aromatic N) is 1. The van der Waals surface area contributed by atoms with Crippen LogP contribution in [-0.2, 0) is 6.54 Å². The molecule has 0 saturated carbocycles. The molecule has 90 valence electrons. The van der Waals surface area contributed by atoms with Crippen LogP contribution >= 0.6 is 22.9 Å². The lowest BCUT2D eigenvalue weighted by atomic mass is 10.00. The third-order valence-corrected chi connectivity index (χ3v) is 4.35. The molecule has 1 aromatic rings. The Morgan fingerprint density at radius 1 is 1.56 bits per heavy atom. The lowest BCUT2D eigenvalue weighted by molar-refractivity contribution is 0.235. The molecule has 0 aliphatic carbocycles. The topological polar surface area (TPSA) is 15.3 Å². The fraction of sp³-hybridized carbons (Fsp3) is 0.667. The van der Waals surface area contributed by atoms with Crippen LogP contribution in [-0.4, -0.2) is 30.6 Å². The van der Waals surface area contributed by atoms with Crippen molar-refractivity contribution in [3.05, 3.63) is 21.3 Å². The number of rotatable bonds is 4.